The van der Waals surface area contributed by atoms with Gasteiger partial charge in [0.05, 0.1) is 12.2 Å². The van der Waals surface area contributed by atoms with E-state index >= 15 is 0 Å². The molecule has 4 aromatic rings. The first-order valence-corrected chi connectivity index (χ1v) is 17.7. The summed E-state index contributed by atoms with van der Waals surface area (Å²) < 4.78 is 34.6. The molecule has 2 aliphatic rings. The molecule has 0 bridgehead atoms. The quantitative estimate of drug-likeness (QED) is 0.125. The van der Waals surface area contributed by atoms with Crippen molar-refractivity contribution < 1.29 is 23.4 Å². The number of nitrogens with one attached hydrogen (secondary N) is 1. The Morgan fingerprint density at radius 2 is 1.71 bits per heavy atom. The molecule has 1 saturated carbocycles. The predicted octanol–water partition coefficient (Wildman–Crippen LogP) is 8.78. The number of hydrogen-bond donors (Lipinski definition) is 1. The highest BCUT2D eigenvalue weighted by Crippen LogP contribution is 2.41. The zero-order chi connectivity index (χ0) is 33.8. The van der Waals surface area contributed by atoms with Crippen LogP contribution in [0.25, 0.3) is 0 Å². The van der Waals surface area contributed by atoms with Crippen LogP contribution in [0, 0.1) is 26.6 Å². The molecule has 1 unspecified atom stereocenters. The Labute approximate surface area is 286 Å². The Morgan fingerprint density at radius 3 is 2.48 bits per heavy atom. The molecule has 0 spiro atoms. The molecule has 1 aromatic heterocycles. The van der Waals surface area contributed by atoms with Gasteiger partial charge in [-0.25, -0.2) is 13.9 Å². The summed E-state index contributed by atoms with van der Waals surface area (Å²) in [4.78, 5) is 18.7. The average Bonchev–Trinajstić information content (AvgIpc) is 3.48. The maximum atomic E-state index is 14.4. The topological polar surface area (TPSA) is 87.5 Å². The summed E-state index contributed by atoms with van der Waals surface area (Å²) >= 11 is 1.34. The number of thioether (sulfide) groups is 1. The summed E-state index contributed by atoms with van der Waals surface area (Å²) in [5.41, 5.74) is 7.21. The third kappa shape index (κ3) is 7.38. The second-order valence-electron chi connectivity index (χ2n) is 12.6. The first kappa shape index (κ1) is 33.6. The van der Waals surface area contributed by atoms with E-state index in [1.807, 2.05) is 38.1 Å². The van der Waals surface area contributed by atoms with Crippen LogP contribution in [-0.4, -0.2) is 33.4 Å². The number of anilines is 1. The highest BCUT2D eigenvalue weighted by molar-refractivity contribution is 7.98. The van der Waals surface area contributed by atoms with E-state index in [4.69, 9.17) is 24.3 Å². The van der Waals surface area contributed by atoms with Gasteiger partial charge in [0, 0.05) is 11.4 Å². The van der Waals surface area contributed by atoms with Crippen LogP contribution in [0.5, 0.6) is 11.5 Å². The maximum Gasteiger partial charge on any atom is 0.338 e. The number of carbonyl (C=O) groups excluding carboxylic acids is 1. The van der Waals surface area contributed by atoms with Gasteiger partial charge in [-0.05, 0) is 112 Å². The molecule has 48 heavy (non-hydrogen) atoms. The largest absolute Gasteiger partial charge is 0.490 e. The van der Waals surface area contributed by atoms with Gasteiger partial charge in [0.2, 0.25) is 11.1 Å². The lowest BCUT2D eigenvalue weighted by Gasteiger charge is -2.30. The lowest BCUT2D eigenvalue weighted by atomic mass is 9.94. The monoisotopic (exact) mass is 670 g/mol. The molecule has 1 N–H and O–H groups in total. The van der Waals surface area contributed by atoms with E-state index in [2.05, 4.69) is 38.2 Å². The lowest BCUT2D eigenvalue weighted by Crippen LogP contribution is -2.32. The van der Waals surface area contributed by atoms with Gasteiger partial charge in [0.25, 0.3) is 0 Å². The fourth-order valence-corrected chi connectivity index (χ4v) is 7.15. The second kappa shape index (κ2) is 14.8. The summed E-state index contributed by atoms with van der Waals surface area (Å²) in [6.45, 7) is 10.9. The van der Waals surface area contributed by atoms with E-state index in [0.29, 0.717) is 58.4 Å². The maximum absolute atomic E-state index is 14.4. The predicted molar refractivity (Wildman–Crippen MR) is 186 cm³/mol. The van der Waals surface area contributed by atoms with Gasteiger partial charge in [-0.1, -0.05) is 54.6 Å². The number of hydrogen-bond acceptors (Lipinski definition) is 8. The Balaban J connectivity index is 1.34. The van der Waals surface area contributed by atoms with Crippen LogP contribution in [0.2, 0.25) is 0 Å². The normalized spacial score (nSPS) is 16.3. The van der Waals surface area contributed by atoms with Crippen LogP contribution in [0.3, 0.4) is 0 Å². The Kier molecular flexibility index (Phi) is 10.4. The first-order valence-electron chi connectivity index (χ1n) is 16.7. The molecule has 8 nitrogen and oxygen atoms in total. The van der Waals surface area contributed by atoms with Gasteiger partial charge >= 0.3 is 5.97 Å². The molecule has 0 saturated heterocycles. The molecule has 252 valence electrons. The number of carbonyl (C=O) groups is 1. The SMILES string of the molecule is CCOc1cc(C2C(C(=O)OC3CCCCC3)=C(C)Nc3nc(SCc4ccccc4F)nn32)ccc1OCc1cc(C)c(C)cc1C. The van der Waals surface area contributed by atoms with E-state index < -0.39 is 6.04 Å². The molecule has 2 heterocycles. The smallest absolute Gasteiger partial charge is 0.338 e. The van der Waals surface area contributed by atoms with E-state index in [1.54, 1.807) is 16.8 Å². The highest BCUT2D eigenvalue weighted by Gasteiger charge is 2.37. The van der Waals surface area contributed by atoms with Gasteiger partial charge in [-0.2, -0.15) is 4.98 Å². The van der Waals surface area contributed by atoms with Gasteiger partial charge < -0.3 is 19.5 Å². The van der Waals surface area contributed by atoms with Crippen molar-refractivity contribution in [3.63, 3.8) is 0 Å². The fourth-order valence-electron chi connectivity index (χ4n) is 6.33. The van der Waals surface area contributed by atoms with Gasteiger partial charge in [-0.3, -0.25) is 0 Å². The van der Waals surface area contributed by atoms with Crippen molar-refractivity contribution in [1.29, 1.82) is 0 Å². The van der Waals surface area contributed by atoms with Crippen LogP contribution in [0.15, 0.2) is 71.0 Å². The lowest BCUT2D eigenvalue weighted by molar-refractivity contribution is -0.146. The van der Waals surface area contributed by atoms with Crippen molar-refractivity contribution in [2.45, 2.75) is 96.4 Å². The second-order valence-corrected chi connectivity index (χ2v) is 13.5. The van der Waals surface area contributed by atoms with Crippen LogP contribution in [0.4, 0.5) is 10.3 Å². The summed E-state index contributed by atoms with van der Waals surface area (Å²) in [5.74, 6) is 1.40. The number of aryl methyl sites for hydroxylation is 3. The highest BCUT2D eigenvalue weighted by atomic mass is 32.2. The summed E-state index contributed by atoms with van der Waals surface area (Å²) in [6.07, 6.45) is 4.87. The Hall–Kier alpha value is -4.31. The molecule has 3 aromatic carbocycles. The van der Waals surface area contributed by atoms with Gasteiger partial charge in [0.15, 0.2) is 11.5 Å². The third-order valence-electron chi connectivity index (χ3n) is 9.11. The third-order valence-corrected chi connectivity index (χ3v) is 10.00. The number of esters is 1. The van der Waals surface area contributed by atoms with Crippen LogP contribution in [0.1, 0.15) is 85.4 Å². The van der Waals surface area contributed by atoms with Crippen LogP contribution in [-0.2, 0) is 21.9 Å². The number of ether oxygens (including phenoxy) is 3. The molecular weight excluding hydrogens is 628 g/mol. The number of fused-ring (bicyclic) bond motifs is 1. The van der Waals surface area contributed by atoms with Gasteiger partial charge in [-0.15, -0.1) is 5.10 Å². The molecule has 1 atom stereocenters. The van der Waals surface area contributed by atoms with E-state index in [0.717, 1.165) is 43.2 Å². The van der Waals surface area contributed by atoms with Crippen molar-refractivity contribution >= 4 is 23.7 Å². The van der Waals surface area contributed by atoms with E-state index in [1.165, 1.54) is 34.5 Å². The molecule has 1 aliphatic heterocycles. The number of benzene rings is 3. The van der Waals surface area contributed by atoms with Crippen molar-refractivity contribution in [1.82, 2.24) is 14.8 Å². The van der Waals surface area contributed by atoms with E-state index in [9.17, 15) is 9.18 Å². The minimum Gasteiger partial charge on any atom is -0.490 e. The molecule has 1 aliphatic carbocycles. The standard InChI is InChI=1S/C38H43FN4O4S/c1-6-45-33-20-27(16-17-32(33)46-21-29-19-24(3)23(2)18-25(29)4)35-34(36(44)47-30-13-8-7-9-14-30)26(5)40-37-41-38(42-43(35)37)48-22-28-12-10-11-15-31(28)39/h10-12,15-20,30,35H,6-9,13-14,21-22H2,1-5H3,(H,40,41,42). The minimum atomic E-state index is -0.636. The number of halogens is 1. The van der Waals surface area contributed by atoms with Crippen molar-refractivity contribution in [2.24, 2.45) is 0 Å². The molecule has 0 radical (unpaired) electrons. The first-order chi connectivity index (χ1) is 23.2. The van der Waals surface area contributed by atoms with Crippen molar-refractivity contribution in [3.8, 4) is 11.5 Å². The van der Waals surface area contributed by atoms with Crippen LogP contribution < -0.4 is 14.8 Å². The van der Waals surface area contributed by atoms with Crippen LogP contribution >= 0.6 is 11.8 Å². The molecule has 10 heteroatoms. The molecular formula is C38H43FN4O4S. The fraction of sp³-hybridized carbons (Fsp3) is 0.395. The number of aromatic nitrogens is 3. The molecule has 6 rings (SSSR count). The summed E-state index contributed by atoms with van der Waals surface area (Å²) in [6, 6.07) is 16.1. The summed E-state index contributed by atoms with van der Waals surface area (Å²) in [5, 5.41) is 8.59. The minimum absolute atomic E-state index is 0.111. The average molecular weight is 671 g/mol. The number of allylic oxidation sites excluding steroid dienone is 1. The zero-order valence-electron chi connectivity index (χ0n) is 28.3. The molecule has 1 fully saturated rings. The zero-order valence-corrected chi connectivity index (χ0v) is 29.1. The van der Waals surface area contributed by atoms with Crippen molar-refractivity contribution in [2.75, 3.05) is 11.9 Å². The van der Waals surface area contributed by atoms with E-state index in [-0.39, 0.29) is 17.9 Å². The Bertz CT molecular complexity index is 1830. The summed E-state index contributed by atoms with van der Waals surface area (Å²) in [7, 11) is 0. The molecule has 0 amide bonds. The number of rotatable bonds is 11. The van der Waals surface area contributed by atoms with Crippen molar-refractivity contribution in [3.05, 3.63) is 105 Å². The Morgan fingerprint density at radius 1 is 0.938 bits per heavy atom. The van der Waals surface area contributed by atoms with Gasteiger partial charge in [0.1, 0.15) is 24.6 Å². The number of nitrogens with zero attached hydrogens (tertiary/aromatic N) is 3.